The number of nitrogens with one attached hydrogen (secondary N) is 2. The quantitative estimate of drug-likeness (QED) is 0.395. The van der Waals surface area contributed by atoms with E-state index in [2.05, 4.69) is 10.1 Å². The van der Waals surface area contributed by atoms with Crippen molar-refractivity contribution in [1.29, 1.82) is 5.41 Å². The molecular weight excluding hydrogens is 332 g/mol. The summed E-state index contributed by atoms with van der Waals surface area (Å²) >= 11 is 0. The Labute approximate surface area is 152 Å². The van der Waals surface area contributed by atoms with Gasteiger partial charge in [-0.3, -0.25) is 15.0 Å². The molecule has 26 heavy (non-hydrogen) atoms. The maximum absolute atomic E-state index is 11.8. The van der Waals surface area contributed by atoms with Crippen LogP contribution in [0.5, 0.6) is 0 Å². The van der Waals surface area contributed by atoms with Gasteiger partial charge in [0.1, 0.15) is 12.4 Å². The van der Waals surface area contributed by atoms with Crippen molar-refractivity contribution < 1.29 is 14.3 Å². The van der Waals surface area contributed by atoms with Crippen LogP contribution in [-0.2, 0) is 14.3 Å². The standard InChI is InChI=1S/C19H22N4O3/c1-23(12-17(24)22-11-18(25)26-2)16-9-7-14(8-10-16)13-3-5-15(6-4-13)19(20)21/h3-10H,11-12H2,1-2H3,(H3,20,21)(H,22,24). The average molecular weight is 354 g/mol. The fourth-order valence-electron chi connectivity index (χ4n) is 2.36. The van der Waals surface area contributed by atoms with E-state index < -0.39 is 5.97 Å². The zero-order valence-corrected chi connectivity index (χ0v) is 14.8. The predicted molar refractivity (Wildman–Crippen MR) is 101 cm³/mol. The van der Waals surface area contributed by atoms with E-state index in [1.807, 2.05) is 48.5 Å². The van der Waals surface area contributed by atoms with E-state index >= 15 is 0 Å². The van der Waals surface area contributed by atoms with Crippen LogP contribution in [-0.4, -0.2) is 45.0 Å². The Kier molecular flexibility index (Phi) is 6.32. The summed E-state index contributed by atoms with van der Waals surface area (Å²) in [5.74, 6) is -0.707. The number of nitrogens with zero attached hydrogens (tertiary/aromatic N) is 1. The average Bonchev–Trinajstić information content (AvgIpc) is 2.66. The molecule has 1 amide bonds. The third-order valence-corrected chi connectivity index (χ3v) is 3.88. The Morgan fingerprint density at radius 2 is 1.62 bits per heavy atom. The molecule has 0 unspecified atom stereocenters. The summed E-state index contributed by atoms with van der Waals surface area (Å²) < 4.78 is 4.48. The second-order valence-corrected chi connectivity index (χ2v) is 5.75. The first kappa shape index (κ1) is 19.0. The number of nitrogen functional groups attached to an aromatic ring is 1. The summed E-state index contributed by atoms with van der Waals surface area (Å²) in [5.41, 5.74) is 9.06. The highest BCUT2D eigenvalue weighted by atomic mass is 16.5. The molecule has 0 aromatic heterocycles. The van der Waals surface area contributed by atoms with Crippen LogP contribution < -0.4 is 16.0 Å². The number of anilines is 1. The summed E-state index contributed by atoms with van der Waals surface area (Å²) in [4.78, 5) is 24.7. The summed E-state index contributed by atoms with van der Waals surface area (Å²) in [6.45, 7) is -0.0119. The van der Waals surface area contributed by atoms with Crippen LogP contribution in [0.3, 0.4) is 0 Å². The minimum atomic E-state index is -0.485. The van der Waals surface area contributed by atoms with Gasteiger partial charge in [0.15, 0.2) is 0 Å². The highest BCUT2D eigenvalue weighted by Crippen LogP contribution is 2.23. The largest absolute Gasteiger partial charge is 0.468 e. The number of ether oxygens (including phenoxy) is 1. The zero-order valence-electron chi connectivity index (χ0n) is 14.8. The molecule has 0 bridgehead atoms. The number of amidine groups is 1. The predicted octanol–water partition coefficient (Wildman–Crippen LogP) is 1.36. The Balaban J connectivity index is 1.98. The van der Waals surface area contributed by atoms with Crippen molar-refractivity contribution in [3.05, 3.63) is 54.1 Å². The third-order valence-electron chi connectivity index (χ3n) is 3.88. The molecule has 0 heterocycles. The number of esters is 1. The molecule has 7 nitrogen and oxygen atoms in total. The number of carbonyl (C=O) groups excluding carboxylic acids is 2. The molecule has 7 heteroatoms. The van der Waals surface area contributed by atoms with Gasteiger partial charge in [0.2, 0.25) is 5.91 Å². The highest BCUT2D eigenvalue weighted by molar-refractivity contribution is 5.95. The van der Waals surface area contributed by atoms with E-state index in [1.165, 1.54) is 7.11 Å². The molecule has 2 aromatic carbocycles. The molecule has 0 spiro atoms. The molecule has 2 rings (SSSR count). The summed E-state index contributed by atoms with van der Waals surface area (Å²) in [6.07, 6.45) is 0. The van der Waals surface area contributed by atoms with E-state index in [0.29, 0.717) is 5.56 Å². The van der Waals surface area contributed by atoms with Crippen LogP contribution in [0.1, 0.15) is 5.56 Å². The van der Waals surface area contributed by atoms with Gasteiger partial charge < -0.3 is 20.7 Å². The van der Waals surface area contributed by atoms with Crippen molar-refractivity contribution in [2.45, 2.75) is 0 Å². The van der Waals surface area contributed by atoms with E-state index in [4.69, 9.17) is 11.1 Å². The molecule has 0 fully saturated rings. The number of benzene rings is 2. The van der Waals surface area contributed by atoms with Crippen molar-refractivity contribution in [2.75, 3.05) is 32.1 Å². The van der Waals surface area contributed by atoms with Crippen molar-refractivity contribution in [1.82, 2.24) is 5.32 Å². The summed E-state index contributed by atoms with van der Waals surface area (Å²) in [6, 6.07) is 15.2. The van der Waals surface area contributed by atoms with E-state index in [0.717, 1.165) is 16.8 Å². The minimum absolute atomic E-state index is 0.0407. The van der Waals surface area contributed by atoms with Gasteiger partial charge in [-0.15, -0.1) is 0 Å². The van der Waals surface area contributed by atoms with E-state index in [9.17, 15) is 9.59 Å². The maximum atomic E-state index is 11.8. The smallest absolute Gasteiger partial charge is 0.325 e. The normalized spacial score (nSPS) is 10.1. The first-order valence-electron chi connectivity index (χ1n) is 8.00. The van der Waals surface area contributed by atoms with Gasteiger partial charge in [-0.1, -0.05) is 36.4 Å². The number of amides is 1. The van der Waals surface area contributed by atoms with Crippen LogP contribution >= 0.6 is 0 Å². The number of nitrogens with two attached hydrogens (primary N) is 1. The summed E-state index contributed by atoms with van der Waals surface area (Å²) in [7, 11) is 3.07. The Bertz CT molecular complexity index is 785. The molecule has 0 aliphatic carbocycles. The maximum Gasteiger partial charge on any atom is 0.325 e. The second-order valence-electron chi connectivity index (χ2n) is 5.75. The van der Waals surface area contributed by atoms with Gasteiger partial charge in [-0.05, 0) is 23.3 Å². The van der Waals surface area contributed by atoms with Gasteiger partial charge in [0.05, 0.1) is 13.7 Å². The molecule has 136 valence electrons. The molecule has 0 aliphatic rings. The Morgan fingerprint density at radius 1 is 1.08 bits per heavy atom. The molecule has 0 radical (unpaired) electrons. The molecule has 0 atom stereocenters. The number of methoxy groups -OCH3 is 1. The lowest BCUT2D eigenvalue weighted by Gasteiger charge is -2.19. The van der Waals surface area contributed by atoms with E-state index in [1.54, 1.807) is 11.9 Å². The first-order valence-corrected chi connectivity index (χ1v) is 8.00. The Hall–Kier alpha value is -3.35. The monoisotopic (exact) mass is 354 g/mol. The van der Waals surface area contributed by atoms with Crippen LogP contribution in [0, 0.1) is 5.41 Å². The molecule has 0 saturated heterocycles. The SMILES string of the molecule is COC(=O)CNC(=O)CN(C)c1ccc(-c2ccc(C(=N)N)cc2)cc1. The second kappa shape index (κ2) is 8.66. The fraction of sp³-hybridized carbons (Fsp3) is 0.211. The van der Waals surface area contributed by atoms with Gasteiger partial charge in [0.25, 0.3) is 0 Å². The van der Waals surface area contributed by atoms with Gasteiger partial charge >= 0.3 is 5.97 Å². The van der Waals surface area contributed by atoms with Crippen molar-refractivity contribution >= 4 is 23.4 Å². The van der Waals surface area contributed by atoms with Crippen molar-refractivity contribution in [3.8, 4) is 11.1 Å². The Morgan fingerprint density at radius 3 is 2.12 bits per heavy atom. The van der Waals surface area contributed by atoms with Crippen LogP contribution in [0.2, 0.25) is 0 Å². The fourth-order valence-corrected chi connectivity index (χ4v) is 2.36. The van der Waals surface area contributed by atoms with Gasteiger partial charge in [-0.25, -0.2) is 0 Å². The molecule has 4 N–H and O–H groups in total. The van der Waals surface area contributed by atoms with Crippen molar-refractivity contribution in [2.24, 2.45) is 5.73 Å². The number of hydrogen-bond donors (Lipinski definition) is 3. The van der Waals surface area contributed by atoms with Gasteiger partial charge in [-0.2, -0.15) is 0 Å². The minimum Gasteiger partial charge on any atom is -0.468 e. The van der Waals surface area contributed by atoms with Gasteiger partial charge in [0, 0.05) is 18.3 Å². The molecule has 2 aromatic rings. The molecular formula is C19H22N4O3. The number of likely N-dealkylation sites (N-methyl/N-ethyl adjacent to an activating group) is 1. The number of hydrogen-bond acceptors (Lipinski definition) is 5. The third kappa shape index (κ3) is 5.07. The number of rotatable bonds is 7. The van der Waals surface area contributed by atoms with Crippen LogP contribution in [0.15, 0.2) is 48.5 Å². The topological polar surface area (TPSA) is 109 Å². The van der Waals surface area contributed by atoms with Crippen LogP contribution in [0.4, 0.5) is 5.69 Å². The zero-order chi connectivity index (χ0) is 19.1. The number of carbonyl (C=O) groups is 2. The summed E-state index contributed by atoms with van der Waals surface area (Å²) in [5, 5.41) is 9.92. The van der Waals surface area contributed by atoms with Crippen molar-refractivity contribution in [3.63, 3.8) is 0 Å². The molecule has 0 saturated carbocycles. The van der Waals surface area contributed by atoms with E-state index in [-0.39, 0.29) is 24.8 Å². The lowest BCUT2D eigenvalue weighted by atomic mass is 10.0. The lowest BCUT2D eigenvalue weighted by molar-refractivity contribution is -0.141. The first-order chi connectivity index (χ1) is 12.4. The highest BCUT2D eigenvalue weighted by Gasteiger charge is 2.09. The lowest BCUT2D eigenvalue weighted by Crippen LogP contribution is -2.38. The van der Waals surface area contributed by atoms with Crippen LogP contribution in [0.25, 0.3) is 11.1 Å². The molecule has 0 aliphatic heterocycles.